The van der Waals surface area contributed by atoms with Crippen LogP contribution in [0.25, 0.3) is 0 Å². The molecule has 14 heavy (non-hydrogen) atoms. The molecule has 5 heteroatoms. The highest BCUT2D eigenvalue weighted by Gasteiger charge is 2.10. The third-order valence-corrected chi connectivity index (χ3v) is 2.11. The Labute approximate surface area is 94.6 Å². The molecule has 0 bridgehead atoms. The minimum atomic E-state index is -0.651. The minimum Gasteiger partial charge on any atom is -0.389 e. The van der Waals surface area contributed by atoms with Crippen LogP contribution in [0, 0.1) is 0 Å². The second-order valence-electron chi connectivity index (χ2n) is 2.74. The van der Waals surface area contributed by atoms with Gasteiger partial charge in [0.2, 0.25) is 0 Å². The molecule has 0 fully saturated rings. The molecule has 0 saturated heterocycles. The minimum absolute atomic E-state index is 0.155. The van der Waals surface area contributed by atoms with Crippen LogP contribution in [-0.4, -0.2) is 48.9 Å². The molecule has 2 atom stereocenters. The van der Waals surface area contributed by atoms with Crippen molar-refractivity contribution in [2.24, 2.45) is 0 Å². The van der Waals surface area contributed by atoms with Gasteiger partial charge >= 0.3 is 0 Å². The topological polar surface area (TPSA) is 38.7 Å². The van der Waals surface area contributed by atoms with Gasteiger partial charge in [-0.1, -0.05) is 6.08 Å². The molecule has 0 radical (unpaired) electrons. The summed E-state index contributed by atoms with van der Waals surface area (Å²) >= 11 is 11.0. The maximum atomic E-state index is 9.12. The fourth-order valence-corrected chi connectivity index (χ4v) is 0.979. The first-order chi connectivity index (χ1) is 6.74. The largest absolute Gasteiger partial charge is 0.389 e. The van der Waals surface area contributed by atoms with Gasteiger partial charge in [0, 0.05) is 0 Å². The van der Waals surface area contributed by atoms with Crippen LogP contribution >= 0.6 is 23.2 Å². The third kappa shape index (κ3) is 7.59. The Morgan fingerprint density at radius 2 is 2.00 bits per heavy atom. The summed E-state index contributed by atoms with van der Waals surface area (Å²) < 4.78 is 10.4. The van der Waals surface area contributed by atoms with E-state index in [9.17, 15) is 0 Å². The number of aliphatic hydroxyl groups excluding tert-OH is 1. The number of ether oxygens (including phenoxy) is 2. The van der Waals surface area contributed by atoms with Crippen molar-refractivity contribution < 1.29 is 14.6 Å². The maximum Gasteiger partial charge on any atom is 0.0944 e. The maximum absolute atomic E-state index is 9.12. The first-order valence-electron chi connectivity index (χ1n) is 4.34. The molecular weight excluding hydrogens is 227 g/mol. The summed E-state index contributed by atoms with van der Waals surface area (Å²) in [4.78, 5) is 0. The Balaban J connectivity index is 3.51. The molecule has 0 aromatic heterocycles. The smallest absolute Gasteiger partial charge is 0.0944 e. The predicted octanol–water partition coefficient (Wildman–Crippen LogP) is 1.41. The predicted molar refractivity (Wildman–Crippen MR) is 58.2 cm³/mol. The monoisotopic (exact) mass is 242 g/mol. The molecular formula is C9H16Cl2O3. The van der Waals surface area contributed by atoms with Gasteiger partial charge < -0.3 is 14.6 Å². The van der Waals surface area contributed by atoms with E-state index in [1.165, 1.54) is 0 Å². The summed E-state index contributed by atoms with van der Waals surface area (Å²) in [5, 5.41) is 9.12. The normalized spacial score (nSPS) is 15.1. The molecule has 1 N–H and O–H groups in total. The van der Waals surface area contributed by atoms with Gasteiger partial charge in [-0.05, 0) is 0 Å². The second kappa shape index (κ2) is 9.74. The van der Waals surface area contributed by atoms with Gasteiger partial charge in [0.1, 0.15) is 0 Å². The fraction of sp³-hybridized carbons (Fsp3) is 0.778. The third-order valence-electron chi connectivity index (χ3n) is 1.41. The van der Waals surface area contributed by atoms with Crippen LogP contribution in [0.4, 0.5) is 0 Å². The van der Waals surface area contributed by atoms with Crippen LogP contribution in [-0.2, 0) is 9.47 Å². The van der Waals surface area contributed by atoms with Gasteiger partial charge in [0.05, 0.1) is 43.8 Å². The average molecular weight is 243 g/mol. The summed E-state index contributed by atoms with van der Waals surface area (Å²) in [6.07, 6.45) is 0.787. The van der Waals surface area contributed by atoms with Crippen molar-refractivity contribution in [3.8, 4) is 0 Å². The van der Waals surface area contributed by atoms with E-state index in [-0.39, 0.29) is 18.6 Å². The summed E-state index contributed by atoms with van der Waals surface area (Å²) in [5.74, 6) is 0.481. The van der Waals surface area contributed by atoms with Crippen LogP contribution < -0.4 is 0 Å². The number of hydrogen-bond donors (Lipinski definition) is 1. The standard InChI is InChI=1S/C9H16Cl2O3/c1-2-3-13-7-9(5-11)14-6-8(12)4-10/h2,8-9,12H,1,3-7H2/t8-,9+/m0/s1. The molecule has 0 aromatic rings. The van der Waals surface area contributed by atoms with Crippen molar-refractivity contribution in [2.75, 3.05) is 31.6 Å². The van der Waals surface area contributed by atoms with Crippen molar-refractivity contribution >= 4 is 23.2 Å². The average Bonchev–Trinajstić information content (AvgIpc) is 2.22. The lowest BCUT2D eigenvalue weighted by Crippen LogP contribution is -2.27. The van der Waals surface area contributed by atoms with Crippen molar-refractivity contribution in [1.82, 2.24) is 0 Å². The Bertz CT molecular complexity index is 144. The lowest BCUT2D eigenvalue weighted by atomic mass is 10.4. The van der Waals surface area contributed by atoms with Crippen LogP contribution in [0.15, 0.2) is 12.7 Å². The lowest BCUT2D eigenvalue weighted by Gasteiger charge is -2.16. The Morgan fingerprint density at radius 1 is 1.29 bits per heavy atom. The van der Waals surface area contributed by atoms with Crippen molar-refractivity contribution in [2.45, 2.75) is 12.2 Å². The molecule has 0 aliphatic carbocycles. The molecule has 3 nitrogen and oxygen atoms in total. The lowest BCUT2D eigenvalue weighted by molar-refractivity contribution is -0.0296. The van der Waals surface area contributed by atoms with Crippen LogP contribution in [0.3, 0.4) is 0 Å². The quantitative estimate of drug-likeness (QED) is 0.378. The molecule has 84 valence electrons. The van der Waals surface area contributed by atoms with E-state index in [2.05, 4.69) is 6.58 Å². The summed E-state index contributed by atoms with van der Waals surface area (Å²) in [6.45, 7) is 4.55. The molecule has 0 heterocycles. The SMILES string of the molecule is C=CCOC[C@@H](CCl)OC[C@@H](O)CCl. The molecule has 0 saturated carbocycles. The number of halogens is 2. The van der Waals surface area contributed by atoms with Gasteiger partial charge in [-0.15, -0.1) is 29.8 Å². The summed E-state index contributed by atoms with van der Waals surface area (Å²) in [6, 6.07) is 0. The first-order valence-corrected chi connectivity index (χ1v) is 5.41. The molecule has 0 amide bonds. The van der Waals surface area contributed by atoms with E-state index < -0.39 is 6.10 Å². The number of aliphatic hydroxyl groups is 1. The van der Waals surface area contributed by atoms with E-state index >= 15 is 0 Å². The highest BCUT2D eigenvalue weighted by atomic mass is 35.5. The summed E-state index contributed by atoms with van der Waals surface area (Å²) in [7, 11) is 0. The number of alkyl halides is 2. The zero-order valence-electron chi connectivity index (χ0n) is 7.99. The van der Waals surface area contributed by atoms with Gasteiger partial charge in [-0.3, -0.25) is 0 Å². The van der Waals surface area contributed by atoms with Crippen molar-refractivity contribution in [3.63, 3.8) is 0 Å². The highest BCUT2D eigenvalue weighted by Crippen LogP contribution is 1.99. The zero-order chi connectivity index (χ0) is 10.8. The molecule has 0 aliphatic rings. The van der Waals surface area contributed by atoms with E-state index in [1.54, 1.807) is 6.08 Å². The fourth-order valence-electron chi connectivity index (χ4n) is 0.712. The van der Waals surface area contributed by atoms with Gasteiger partial charge in [0.15, 0.2) is 0 Å². The highest BCUT2D eigenvalue weighted by molar-refractivity contribution is 6.18. The molecule has 0 rings (SSSR count). The zero-order valence-corrected chi connectivity index (χ0v) is 9.51. The molecule has 0 aliphatic heterocycles. The second-order valence-corrected chi connectivity index (χ2v) is 3.36. The van der Waals surface area contributed by atoms with E-state index in [0.29, 0.717) is 19.1 Å². The number of hydrogen-bond acceptors (Lipinski definition) is 3. The first kappa shape index (κ1) is 14.2. The van der Waals surface area contributed by atoms with Crippen LogP contribution in [0.5, 0.6) is 0 Å². The summed E-state index contributed by atoms with van der Waals surface area (Å²) in [5.41, 5.74) is 0. The van der Waals surface area contributed by atoms with Gasteiger partial charge in [-0.25, -0.2) is 0 Å². The van der Waals surface area contributed by atoms with Crippen LogP contribution in [0.1, 0.15) is 0 Å². The van der Waals surface area contributed by atoms with E-state index in [4.69, 9.17) is 37.8 Å². The molecule has 0 unspecified atom stereocenters. The Kier molecular flexibility index (Phi) is 9.88. The van der Waals surface area contributed by atoms with Gasteiger partial charge in [0.25, 0.3) is 0 Å². The number of rotatable bonds is 9. The van der Waals surface area contributed by atoms with Gasteiger partial charge in [-0.2, -0.15) is 0 Å². The Morgan fingerprint density at radius 3 is 2.50 bits per heavy atom. The van der Waals surface area contributed by atoms with E-state index in [1.807, 2.05) is 0 Å². The molecule has 0 aromatic carbocycles. The molecule has 0 spiro atoms. The van der Waals surface area contributed by atoms with Crippen molar-refractivity contribution in [1.29, 1.82) is 0 Å². The Hall–Kier alpha value is 0.200. The van der Waals surface area contributed by atoms with E-state index in [0.717, 1.165) is 0 Å². The van der Waals surface area contributed by atoms with Crippen molar-refractivity contribution in [3.05, 3.63) is 12.7 Å². The van der Waals surface area contributed by atoms with Crippen LogP contribution in [0.2, 0.25) is 0 Å².